The number of sulfonamides is 1. The fourth-order valence-corrected chi connectivity index (χ4v) is 3.38. The molecule has 0 fully saturated rings. The molecule has 0 saturated carbocycles. The first kappa shape index (κ1) is 18.3. The molecule has 0 aliphatic rings. The second-order valence-corrected chi connectivity index (χ2v) is 7.79. The number of anilines is 2. The van der Waals surface area contributed by atoms with E-state index in [-0.39, 0.29) is 5.69 Å². The highest BCUT2D eigenvalue weighted by molar-refractivity contribution is 7.98. The zero-order valence-corrected chi connectivity index (χ0v) is 14.8. The first-order chi connectivity index (χ1) is 11.3. The van der Waals surface area contributed by atoms with Gasteiger partial charge in [0.2, 0.25) is 15.9 Å². The van der Waals surface area contributed by atoms with Crippen LogP contribution >= 0.6 is 11.8 Å². The molecule has 1 amide bonds. The van der Waals surface area contributed by atoms with Crippen LogP contribution < -0.4 is 9.62 Å². The number of nitrogens with one attached hydrogen (secondary N) is 1. The Morgan fingerprint density at radius 1 is 1.21 bits per heavy atom. The average molecular weight is 368 g/mol. The molecule has 0 spiro atoms. The van der Waals surface area contributed by atoms with Crippen LogP contribution in [0, 0.1) is 5.82 Å². The SMILES string of the molecule is CSc1cccc(NC(=O)CN(c2ccccc2F)S(C)(=O)=O)c1. The topological polar surface area (TPSA) is 66.5 Å². The Morgan fingerprint density at radius 2 is 1.92 bits per heavy atom. The minimum Gasteiger partial charge on any atom is -0.324 e. The number of amides is 1. The number of carbonyl (C=O) groups is 1. The van der Waals surface area contributed by atoms with Gasteiger partial charge in [-0.15, -0.1) is 11.8 Å². The van der Waals surface area contributed by atoms with Crippen molar-refractivity contribution in [2.24, 2.45) is 0 Å². The van der Waals surface area contributed by atoms with Crippen LogP contribution in [0.3, 0.4) is 0 Å². The highest BCUT2D eigenvalue weighted by Gasteiger charge is 2.23. The normalized spacial score (nSPS) is 11.1. The standard InChI is InChI=1S/C16H17FN2O3S2/c1-23-13-7-5-6-12(10-13)18-16(20)11-19(24(2,21)22)15-9-4-3-8-14(15)17/h3-10H,11H2,1-2H3,(H,18,20). The third-order valence-corrected chi connectivity index (χ3v) is 5.01. The van der Waals surface area contributed by atoms with Gasteiger partial charge >= 0.3 is 0 Å². The van der Waals surface area contributed by atoms with Crippen LogP contribution in [-0.4, -0.2) is 33.4 Å². The van der Waals surface area contributed by atoms with Crippen molar-refractivity contribution >= 4 is 39.1 Å². The number of benzene rings is 2. The maximum absolute atomic E-state index is 13.9. The van der Waals surface area contributed by atoms with Crippen LogP contribution in [0.1, 0.15) is 0 Å². The molecule has 24 heavy (non-hydrogen) atoms. The van der Waals surface area contributed by atoms with Crippen molar-refractivity contribution in [3.8, 4) is 0 Å². The number of hydrogen-bond acceptors (Lipinski definition) is 4. The lowest BCUT2D eigenvalue weighted by Crippen LogP contribution is -2.38. The van der Waals surface area contributed by atoms with Gasteiger partial charge in [-0.1, -0.05) is 18.2 Å². The van der Waals surface area contributed by atoms with E-state index in [1.807, 2.05) is 12.3 Å². The summed E-state index contributed by atoms with van der Waals surface area (Å²) in [6.07, 6.45) is 2.84. The van der Waals surface area contributed by atoms with Gasteiger partial charge in [-0.05, 0) is 36.6 Å². The van der Waals surface area contributed by atoms with E-state index in [2.05, 4.69) is 5.32 Å². The van der Waals surface area contributed by atoms with Crippen molar-refractivity contribution in [2.75, 3.05) is 28.7 Å². The number of para-hydroxylation sites is 1. The number of hydrogen-bond donors (Lipinski definition) is 1. The van der Waals surface area contributed by atoms with Gasteiger partial charge in [-0.2, -0.15) is 0 Å². The molecule has 0 saturated heterocycles. The molecule has 0 bridgehead atoms. The lowest BCUT2D eigenvalue weighted by atomic mass is 10.3. The average Bonchev–Trinajstić information content (AvgIpc) is 2.52. The monoisotopic (exact) mass is 368 g/mol. The van der Waals surface area contributed by atoms with E-state index in [9.17, 15) is 17.6 Å². The van der Waals surface area contributed by atoms with Crippen molar-refractivity contribution in [1.29, 1.82) is 0 Å². The summed E-state index contributed by atoms with van der Waals surface area (Å²) in [6.45, 7) is -0.511. The van der Waals surface area contributed by atoms with E-state index in [0.29, 0.717) is 5.69 Å². The minimum absolute atomic E-state index is 0.159. The van der Waals surface area contributed by atoms with E-state index >= 15 is 0 Å². The highest BCUT2D eigenvalue weighted by Crippen LogP contribution is 2.22. The molecule has 0 aromatic heterocycles. The van der Waals surface area contributed by atoms with E-state index in [1.165, 1.54) is 30.0 Å². The molecule has 1 N–H and O–H groups in total. The molecule has 0 aliphatic heterocycles. The van der Waals surface area contributed by atoms with Crippen LogP contribution in [0.2, 0.25) is 0 Å². The highest BCUT2D eigenvalue weighted by atomic mass is 32.2. The van der Waals surface area contributed by atoms with Gasteiger partial charge in [-0.3, -0.25) is 9.10 Å². The minimum atomic E-state index is -3.81. The van der Waals surface area contributed by atoms with Gasteiger partial charge in [0.1, 0.15) is 12.4 Å². The van der Waals surface area contributed by atoms with Crippen LogP contribution in [-0.2, 0) is 14.8 Å². The third kappa shape index (κ3) is 4.72. The quantitative estimate of drug-likeness (QED) is 0.796. The molecular weight excluding hydrogens is 351 g/mol. The molecule has 0 aliphatic carbocycles. The van der Waals surface area contributed by atoms with Crippen molar-refractivity contribution < 1.29 is 17.6 Å². The summed E-state index contributed by atoms with van der Waals surface area (Å²) < 4.78 is 38.5. The second-order valence-electron chi connectivity index (χ2n) is 5.00. The molecule has 0 atom stereocenters. The number of nitrogens with zero attached hydrogens (tertiary/aromatic N) is 1. The molecule has 8 heteroatoms. The van der Waals surface area contributed by atoms with E-state index in [1.54, 1.807) is 18.2 Å². The molecule has 5 nitrogen and oxygen atoms in total. The van der Waals surface area contributed by atoms with E-state index < -0.39 is 28.3 Å². The summed E-state index contributed by atoms with van der Waals surface area (Å²) in [5, 5.41) is 2.63. The Labute approximate surface area is 144 Å². The summed E-state index contributed by atoms with van der Waals surface area (Å²) in [7, 11) is -3.81. The fraction of sp³-hybridized carbons (Fsp3) is 0.188. The van der Waals surface area contributed by atoms with Crippen LogP contribution in [0.4, 0.5) is 15.8 Å². The number of thioether (sulfide) groups is 1. The summed E-state index contributed by atoms with van der Waals surface area (Å²) in [6, 6.07) is 12.6. The van der Waals surface area contributed by atoms with Crippen LogP contribution in [0.5, 0.6) is 0 Å². The predicted molar refractivity (Wildman–Crippen MR) is 95.4 cm³/mol. The second kappa shape index (κ2) is 7.67. The van der Waals surface area contributed by atoms with Crippen molar-refractivity contribution in [3.05, 3.63) is 54.3 Å². The largest absolute Gasteiger partial charge is 0.324 e. The third-order valence-electron chi connectivity index (χ3n) is 3.16. The Balaban J connectivity index is 2.21. The molecule has 0 unspecified atom stereocenters. The molecule has 2 aromatic rings. The van der Waals surface area contributed by atoms with Crippen LogP contribution in [0.25, 0.3) is 0 Å². The Morgan fingerprint density at radius 3 is 2.54 bits per heavy atom. The number of carbonyl (C=O) groups excluding carboxylic acids is 1. The van der Waals surface area contributed by atoms with Crippen molar-refractivity contribution in [1.82, 2.24) is 0 Å². The van der Waals surface area contributed by atoms with Gasteiger partial charge in [0.25, 0.3) is 0 Å². The molecule has 0 radical (unpaired) electrons. The molecule has 0 heterocycles. The van der Waals surface area contributed by atoms with Crippen molar-refractivity contribution in [2.45, 2.75) is 4.90 Å². The zero-order chi connectivity index (χ0) is 17.7. The van der Waals surface area contributed by atoms with Gasteiger partial charge in [0, 0.05) is 10.6 Å². The Hall–Kier alpha value is -2.06. The number of rotatable bonds is 6. The maximum Gasteiger partial charge on any atom is 0.245 e. The lowest BCUT2D eigenvalue weighted by Gasteiger charge is -2.22. The zero-order valence-electron chi connectivity index (χ0n) is 13.2. The van der Waals surface area contributed by atoms with E-state index in [0.717, 1.165) is 21.5 Å². The Bertz CT molecular complexity index is 841. The summed E-state index contributed by atoms with van der Waals surface area (Å²) >= 11 is 1.52. The predicted octanol–water partition coefficient (Wildman–Crippen LogP) is 2.95. The summed E-state index contributed by atoms with van der Waals surface area (Å²) in [5.74, 6) is -1.26. The first-order valence-electron chi connectivity index (χ1n) is 6.97. The maximum atomic E-state index is 13.9. The molecule has 128 valence electrons. The van der Waals surface area contributed by atoms with Gasteiger partial charge < -0.3 is 5.32 Å². The summed E-state index contributed by atoms with van der Waals surface area (Å²) in [5.41, 5.74) is 0.391. The smallest absolute Gasteiger partial charge is 0.245 e. The fourth-order valence-electron chi connectivity index (χ4n) is 2.07. The Kier molecular flexibility index (Phi) is 5.84. The van der Waals surface area contributed by atoms with E-state index in [4.69, 9.17) is 0 Å². The molecule has 2 aromatic carbocycles. The molecule has 2 rings (SSSR count). The van der Waals surface area contributed by atoms with Gasteiger partial charge in [0.15, 0.2) is 0 Å². The summed E-state index contributed by atoms with van der Waals surface area (Å²) in [4.78, 5) is 13.2. The van der Waals surface area contributed by atoms with Crippen molar-refractivity contribution in [3.63, 3.8) is 0 Å². The lowest BCUT2D eigenvalue weighted by molar-refractivity contribution is -0.114. The molecular formula is C16H17FN2O3S2. The first-order valence-corrected chi connectivity index (χ1v) is 10.0. The van der Waals surface area contributed by atoms with Gasteiger partial charge in [-0.25, -0.2) is 12.8 Å². The van der Waals surface area contributed by atoms with Crippen LogP contribution in [0.15, 0.2) is 53.4 Å². The number of halogens is 1. The van der Waals surface area contributed by atoms with Gasteiger partial charge in [0.05, 0.1) is 11.9 Å².